The highest BCUT2D eigenvalue weighted by molar-refractivity contribution is 7.89. The molecule has 9 heteroatoms. The summed E-state index contributed by atoms with van der Waals surface area (Å²) in [7, 11) is -3.72. The van der Waals surface area contributed by atoms with Crippen LogP contribution in [0.25, 0.3) is 0 Å². The van der Waals surface area contributed by atoms with Crippen LogP contribution in [0.1, 0.15) is 26.7 Å². The quantitative estimate of drug-likeness (QED) is 0.650. The van der Waals surface area contributed by atoms with E-state index in [4.69, 9.17) is 4.74 Å². The Balaban J connectivity index is 1.88. The number of esters is 1. The maximum absolute atomic E-state index is 13.0. The normalized spacial score (nSPS) is 16.1. The smallest absolute Gasteiger partial charge is 0.309 e. The molecule has 0 aliphatic carbocycles. The zero-order valence-electron chi connectivity index (χ0n) is 15.6. The van der Waals surface area contributed by atoms with E-state index < -0.39 is 27.7 Å². The number of ether oxygens (including phenoxy) is 1. The van der Waals surface area contributed by atoms with Crippen LogP contribution in [0.3, 0.4) is 0 Å². The van der Waals surface area contributed by atoms with Gasteiger partial charge in [-0.25, -0.2) is 12.8 Å². The average Bonchev–Trinajstić information content (AvgIpc) is 2.67. The lowest BCUT2D eigenvalue weighted by atomic mass is 9.98. The first kappa shape index (κ1) is 21.3. The van der Waals surface area contributed by atoms with E-state index in [0.717, 1.165) is 12.1 Å². The van der Waals surface area contributed by atoms with Crippen molar-refractivity contribution in [3.05, 3.63) is 30.1 Å². The molecule has 1 aliphatic rings. The van der Waals surface area contributed by atoms with Gasteiger partial charge in [0.05, 0.1) is 10.8 Å². The first-order chi connectivity index (χ1) is 12.8. The Kier molecular flexibility index (Phi) is 7.32. The van der Waals surface area contributed by atoms with Gasteiger partial charge in [-0.05, 0) is 51.0 Å². The molecule has 2 rings (SSSR count). The Labute approximate surface area is 159 Å². The number of piperidine rings is 1. The summed E-state index contributed by atoms with van der Waals surface area (Å²) in [6.45, 7) is 4.83. The van der Waals surface area contributed by atoms with Crippen molar-refractivity contribution in [1.82, 2.24) is 9.21 Å². The number of hydrogen-bond donors (Lipinski definition) is 0. The minimum Gasteiger partial charge on any atom is -0.455 e. The highest BCUT2D eigenvalue weighted by atomic mass is 32.2. The van der Waals surface area contributed by atoms with Gasteiger partial charge in [-0.2, -0.15) is 4.31 Å². The molecule has 0 aromatic heterocycles. The summed E-state index contributed by atoms with van der Waals surface area (Å²) < 4.78 is 44.5. The monoisotopic (exact) mass is 400 g/mol. The molecule has 1 heterocycles. The van der Waals surface area contributed by atoms with E-state index in [1.165, 1.54) is 16.4 Å². The molecule has 0 bridgehead atoms. The van der Waals surface area contributed by atoms with Crippen LogP contribution in [-0.4, -0.2) is 62.3 Å². The van der Waals surface area contributed by atoms with Gasteiger partial charge in [0.2, 0.25) is 10.0 Å². The molecule has 1 aromatic carbocycles. The molecule has 7 nitrogen and oxygen atoms in total. The number of halogens is 1. The number of likely N-dealkylation sites (N-methyl/N-ethyl adjacent to an activating group) is 1. The lowest BCUT2D eigenvalue weighted by Crippen LogP contribution is -2.41. The Morgan fingerprint density at radius 2 is 1.70 bits per heavy atom. The summed E-state index contributed by atoms with van der Waals surface area (Å²) in [5.41, 5.74) is 0. The van der Waals surface area contributed by atoms with Gasteiger partial charge in [0, 0.05) is 26.2 Å². The second kappa shape index (κ2) is 9.27. The number of benzene rings is 1. The lowest BCUT2D eigenvalue weighted by Gasteiger charge is -2.30. The van der Waals surface area contributed by atoms with Crippen molar-refractivity contribution in [2.24, 2.45) is 5.92 Å². The maximum atomic E-state index is 13.0. The highest BCUT2D eigenvalue weighted by Crippen LogP contribution is 2.24. The maximum Gasteiger partial charge on any atom is 0.309 e. The standard InChI is InChI=1S/C18H25FN2O5S/c1-3-20(4-2)17(22)13-26-18(23)14-9-11-21(12-10-14)27(24,25)16-7-5-15(19)6-8-16/h5-8,14H,3-4,9-13H2,1-2H3. The first-order valence-electron chi connectivity index (χ1n) is 8.99. The Bertz CT molecular complexity index is 754. The lowest BCUT2D eigenvalue weighted by molar-refractivity contribution is -0.156. The van der Waals surface area contributed by atoms with Gasteiger partial charge in [0.15, 0.2) is 6.61 Å². The van der Waals surface area contributed by atoms with E-state index in [1.807, 2.05) is 13.8 Å². The molecule has 1 amide bonds. The Morgan fingerprint density at radius 3 is 2.22 bits per heavy atom. The van der Waals surface area contributed by atoms with Gasteiger partial charge >= 0.3 is 5.97 Å². The highest BCUT2D eigenvalue weighted by Gasteiger charge is 2.33. The fraction of sp³-hybridized carbons (Fsp3) is 0.556. The molecule has 150 valence electrons. The number of sulfonamides is 1. The third-order valence-electron chi connectivity index (χ3n) is 4.69. The van der Waals surface area contributed by atoms with Crippen molar-refractivity contribution in [3.8, 4) is 0 Å². The van der Waals surface area contributed by atoms with Crippen molar-refractivity contribution in [2.75, 3.05) is 32.8 Å². The van der Waals surface area contributed by atoms with Gasteiger partial charge in [0.25, 0.3) is 5.91 Å². The van der Waals surface area contributed by atoms with Crippen LogP contribution in [0.4, 0.5) is 4.39 Å². The third kappa shape index (κ3) is 5.26. The van der Waals surface area contributed by atoms with E-state index in [-0.39, 0.29) is 30.5 Å². The molecule has 1 aliphatic heterocycles. The van der Waals surface area contributed by atoms with E-state index in [2.05, 4.69) is 0 Å². The van der Waals surface area contributed by atoms with Crippen LogP contribution in [0.15, 0.2) is 29.2 Å². The summed E-state index contributed by atoms with van der Waals surface area (Å²) in [6.07, 6.45) is 0.636. The van der Waals surface area contributed by atoms with Gasteiger partial charge in [-0.15, -0.1) is 0 Å². The van der Waals surface area contributed by atoms with Gasteiger partial charge in [0.1, 0.15) is 5.82 Å². The van der Waals surface area contributed by atoms with Gasteiger partial charge < -0.3 is 9.64 Å². The number of carbonyl (C=O) groups is 2. The average molecular weight is 400 g/mol. The number of amides is 1. The van der Waals surface area contributed by atoms with Crippen molar-refractivity contribution in [1.29, 1.82) is 0 Å². The summed E-state index contributed by atoms with van der Waals surface area (Å²) in [5.74, 6) is -1.66. The molecule has 0 atom stereocenters. The SMILES string of the molecule is CCN(CC)C(=O)COC(=O)C1CCN(S(=O)(=O)c2ccc(F)cc2)CC1. The third-order valence-corrected chi connectivity index (χ3v) is 6.61. The van der Waals surface area contributed by atoms with Gasteiger partial charge in [-0.1, -0.05) is 0 Å². The molecule has 0 spiro atoms. The number of carbonyl (C=O) groups excluding carboxylic acids is 2. The minimum atomic E-state index is -3.72. The van der Waals surface area contributed by atoms with Crippen LogP contribution in [-0.2, 0) is 24.3 Å². The summed E-state index contributed by atoms with van der Waals surface area (Å²) in [5, 5.41) is 0. The number of hydrogen-bond acceptors (Lipinski definition) is 5. The molecule has 0 saturated carbocycles. The molecule has 1 saturated heterocycles. The van der Waals surface area contributed by atoms with Crippen LogP contribution in [0.2, 0.25) is 0 Å². The Hall–Kier alpha value is -2.00. The predicted octanol–water partition coefficient (Wildman–Crippen LogP) is 1.64. The molecular formula is C18H25FN2O5S. The predicted molar refractivity (Wildman–Crippen MR) is 96.8 cm³/mol. The summed E-state index contributed by atoms with van der Waals surface area (Å²) in [6, 6.07) is 4.65. The van der Waals surface area contributed by atoms with Crippen molar-refractivity contribution >= 4 is 21.9 Å². The summed E-state index contributed by atoms with van der Waals surface area (Å²) >= 11 is 0. The van der Waals surface area contributed by atoms with Crippen molar-refractivity contribution in [3.63, 3.8) is 0 Å². The van der Waals surface area contributed by atoms with E-state index in [0.29, 0.717) is 25.9 Å². The fourth-order valence-electron chi connectivity index (χ4n) is 3.01. The van der Waals surface area contributed by atoms with E-state index >= 15 is 0 Å². The second-order valence-electron chi connectivity index (χ2n) is 6.31. The Morgan fingerprint density at radius 1 is 1.15 bits per heavy atom. The van der Waals surface area contributed by atoms with Crippen LogP contribution in [0.5, 0.6) is 0 Å². The van der Waals surface area contributed by atoms with Gasteiger partial charge in [-0.3, -0.25) is 9.59 Å². The first-order valence-corrected chi connectivity index (χ1v) is 10.4. The minimum absolute atomic E-state index is 0.0229. The molecule has 0 N–H and O–H groups in total. The number of nitrogens with zero attached hydrogens (tertiary/aromatic N) is 2. The topological polar surface area (TPSA) is 84.0 Å². The van der Waals surface area contributed by atoms with Crippen LogP contribution in [0, 0.1) is 11.7 Å². The second-order valence-corrected chi connectivity index (χ2v) is 8.24. The largest absolute Gasteiger partial charge is 0.455 e. The van der Waals surface area contributed by atoms with Crippen LogP contribution < -0.4 is 0 Å². The van der Waals surface area contributed by atoms with E-state index in [1.54, 1.807) is 4.90 Å². The van der Waals surface area contributed by atoms with Crippen molar-refractivity contribution < 1.29 is 27.1 Å². The van der Waals surface area contributed by atoms with Crippen molar-refractivity contribution in [2.45, 2.75) is 31.6 Å². The zero-order valence-corrected chi connectivity index (χ0v) is 16.4. The zero-order chi connectivity index (χ0) is 20.0. The molecular weight excluding hydrogens is 375 g/mol. The van der Waals surface area contributed by atoms with E-state index in [9.17, 15) is 22.4 Å². The molecule has 0 unspecified atom stereocenters. The molecule has 1 fully saturated rings. The number of rotatable bonds is 7. The molecule has 0 radical (unpaired) electrons. The van der Waals surface area contributed by atoms with Crippen LogP contribution >= 0.6 is 0 Å². The fourth-order valence-corrected chi connectivity index (χ4v) is 4.48. The molecule has 27 heavy (non-hydrogen) atoms. The molecule has 1 aromatic rings. The summed E-state index contributed by atoms with van der Waals surface area (Å²) in [4.78, 5) is 25.7.